The van der Waals surface area contributed by atoms with E-state index in [1.807, 2.05) is 24.3 Å². The van der Waals surface area contributed by atoms with Gasteiger partial charge in [0.2, 0.25) is 0 Å². The van der Waals surface area contributed by atoms with Crippen molar-refractivity contribution >= 4 is 22.5 Å². The zero-order chi connectivity index (χ0) is 22.0. The zero-order valence-electron chi connectivity index (χ0n) is 18.8. The summed E-state index contributed by atoms with van der Waals surface area (Å²) in [5.74, 6) is 0.0926. The number of carbonyl (C=O) groups excluding carboxylic acids is 1. The fourth-order valence-corrected chi connectivity index (χ4v) is 4.63. The second-order valence-electron chi connectivity index (χ2n) is 9.15. The third kappa shape index (κ3) is 4.51. The smallest absolute Gasteiger partial charge is 0.277 e. The molecule has 2 aromatic heterocycles. The van der Waals surface area contributed by atoms with Crippen LogP contribution in [0.2, 0.25) is 0 Å². The number of likely N-dealkylation sites (N-methyl/N-ethyl adjacent to an activating group) is 1. The summed E-state index contributed by atoms with van der Waals surface area (Å²) in [6, 6.07) is 9.95. The number of rotatable bonds is 7. The lowest BCUT2D eigenvalue weighted by molar-refractivity contribution is 0.0939. The molecule has 0 aliphatic heterocycles. The molecule has 31 heavy (non-hydrogen) atoms. The molecule has 1 amide bonds. The first-order valence-corrected chi connectivity index (χ1v) is 11.5. The van der Waals surface area contributed by atoms with Gasteiger partial charge in [-0.15, -0.1) is 0 Å². The Morgan fingerprint density at radius 2 is 1.87 bits per heavy atom. The average Bonchev–Trinajstić information content (AvgIpc) is 3.23. The van der Waals surface area contributed by atoms with Crippen molar-refractivity contribution < 1.29 is 4.79 Å². The zero-order valence-corrected chi connectivity index (χ0v) is 18.8. The molecular formula is C24H33N5O2. The highest BCUT2D eigenvalue weighted by Crippen LogP contribution is 2.21. The summed E-state index contributed by atoms with van der Waals surface area (Å²) in [5.41, 5.74) is 2.26. The van der Waals surface area contributed by atoms with E-state index in [4.69, 9.17) is 0 Å². The monoisotopic (exact) mass is 423 g/mol. The van der Waals surface area contributed by atoms with E-state index < -0.39 is 0 Å². The molecule has 1 fully saturated rings. The Labute approximate surface area is 183 Å². The number of nitrogens with one attached hydrogen (secondary N) is 1. The van der Waals surface area contributed by atoms with Crippen molar-refractivity contribution in [3.63, 3.8) is 0 Å². The maximum Gasteiger partial charge on any atom is 0.277 e. The Kier molecular flexibility index (Phi) is 6.41. The number of amides is 1. The molecule has 3 aromatic rings. The second kappa shape index (κ2) is 9.22. The first-order chi connectivity index (χ1) is 15.0. The van der Waals surface area contributed by atoms with Crippen molar-refractivity contribution in [1.29, 1.82) is 0 Å². The Bertz CT molecular complexity index is 1120. The van der Waals surface area contributed by atoms with Crippen molar-refractivity contribution in [2.45, 2.75) is 58.5 Å². The number of aromatic nitrogens is 3. The summed E-state index contributed by atoms with van der Waals surface area (Å²) in [7, 11) is 2.14. The Hall–Kier alpha value is -2.67. The number of fused-ring (bicyclic) bond motifs is 3. The van der Waals surface area contributed by atoms with Crippen molar-refractivity contribution in [2.24, 2.45) is 5.92 Å². The minimum Gasteiger partial charge on any atom is -0.349 e. The molecule has 1 saturated carbocycles. The van der Waals surface area contributed by atoms with Gasteiger partial charge in [-0.25, -0.2) is 4.52 Å². The van der Waals surface area contributed by atoms with E-state index in [0.717, 1.165) is 17.6 Å². The summed E-state index contributed by atoms with van der Waals surface area (Å²) in [6.07, 6.45) is 6.41. The Balaban J connectivity index is 1.54. The van der Waals surface area contributed by atoms with Crippen LogP contribution in [0.5, 0.6) is 0 Å². The molecule has 1 aliphatic carbocycles. The van der Waals surface area contributed by atoms with E-state index in [-0.39, 0.29) is 17.2 Å². The lowest BCUT2D eigenvalue weighted by atomic mass is 9.94. The topological polar surface area (TPSA) is 71.6 Å². The van der Waals surface area contributed by atoms with Crippen molar-refractivity contribution in [3.05, 3.63) is 46.4 Å². The van der Waals surface area contributed by atoms with Gasteiger partial charge in [-0.05, 0) is 37.9 Å². The van der Waals surface area contributed by atoms with E-state index in [1.165, 1.54) is 32.1 Å². The third-order valence-electron chi connectivity index (χ3n) is 6.30. The molecule has 0 unspecified atom stereocenters. The van der Waals surface area contributed by atoms with Crippen molar-refractivity contribution in [1.82, 2.24) is 24.4 Å². The largest absolute Gasteiger partial charge is 0.349 e. The number of benzene rings is 1. The van der Waals surface area contributed by atoms with Crippen LogP contribution in [0.15, 0.2) is 35.1 Å². The fraction of sp³-hybridized carbons (Fsp3) is 0.542. The molecular weight excluding hydrogens is 390 g/mol. The highest BCUT2D eigenvalue weighted by molar-refractivity contribution is 5.94. The van der Waals surface area contributed by atoms with Gasteiger partial charge < -0.3 is 14.8 Å². The molecule has 0 radical (unpaired) electrons. The molecule has 0 spiro atoms. The van der Waals surface area contributed by atoms with E-state index in [2.05, 4.69) is 36.2 Å². The summed E-state index contributed by atoms with van der Waals surface area (Å²) >= 11 is 0. The third-order valence-corrected chi connectivity index (χ3v) is 6.30. The Morgan fingerprint density at radius 3 is 2.58 bits per heavy atom. The van der Waals surface area contributed by atoms with Gasteiger partial charge in [-0.1, -0.05) is 45.2 Å². The lowest BCUT2D eigenvalue weighted by Crippen LogP contribution is -2.39. The molecule has 7 nitrogen and oxygen atoms in total. The van der Waals surface area contributed by atoms with Gasteiger partial charge in [-0.3, -0.25) is 9.59 Å². The highest BCUT2D eigenvalue weighted by atomic mass is 16.2. The number of nitrogens with zero attached hydrogens (tertiary/aromatic N) is 4. The summed E-state index contributed by atoms with van der Waals surface area (Å²) in [5, 5.41) is 7.47. The van der Waals surface area contributed by atoms with Crippen LogP contribution in [0.3, 0.4) is 0 Å². The van der Waals surface area contributed by atoms with E-state index in [9.17, 15) is 9.59 Å². The van der Waals surface area contributed by atoms with Crippen LogP contribution in [0.25, 0.3) is 16.6 Å². The molecule has 1 N–H and O–H groups in total. The Morgan fingerprint density at radius 1 is 1.16 bits per heavy atom. The number of hydrogen-bond acceptors (Lipinski definition) is 4. The van der Waals surface area contributed by atoms with Crippen LogP contribution in [-0.4, -0.2) is 51.2 Å². The first kappa shape index (κ1) is 21.6. The van der Waals surface area contributed by atoms with E-state index in [1.54, 1.807) is 15.1 Å². The van der Waals surface area contributed by atoms with Crippen molar-refractivity contribution in [3.8, 4) is 0 Å². The lowest BCUT2D eigenvalue weighted by Gasteiger charge is -2.31. The molecule has 7 heteroatoms. The summed E-state index contributed by atoms with van der Waals surface area (Å²) in [4.78, 5) is 28.3. The van der Waals surface area contributed by atoms with Crippen molar-refractivity contribution in [2.75, 3.05) is 20.1 Å². The second-order valence-corrected chi connectivity index (χ2v) is 9.15. The number of hydrogen-bond donors (Lipinski definition) is 1. The predicted molar refractivity (Wildman–Crippen MR) is 124 cm³/mol. The molecule has 1 aliphatic rings. The highest BCUT2D eigenvalue weighted by Gasteiger charge is 2.19. The van der Waals surface area contributed by atoms with Crippen LogP contribution in [-0.2, 0) is 6.54 Å². The van der Waals surface area contributed by atoms with Gasteiger partial charge in [0, 0.05) is 31.7 Å². The van der Waals surface area contributed by atoms with E-state index in [0.29, 0.717) is 30.6 Å². The quantitative estimate of drug-likeness (QED) is 0.633. The minimum absolute atomic E-state index is 0.115. The molecule has 166 valence electrons. The van der Waals surface area contributed by atoms with Gasteiger partial charge >= 0.3 is 0 Å². The number of carbonyl (C=O) groups is 1. The van der Waals surface area contributed by atoms with Gasteiger partial charge in [0.1, 0.15) is 5.52 Å². The fourth-order valence-electron chi connectivity index (χ4n) is 4.63. The molecule has 4 rings (SSSR count). The van der Waals surface area contributed by atoms with E-state index >= 15 is 0 Å². The first-order valence-electron chi connectivity index (χ1n) is 11.5. The average molecular weight is 424 g/mol. The van der Waals surface area contributed by atoms with Crippen LogP contribution in [0.4, 0.5) is 0 Å². The van der Waals surface area contributed by atoms with Crippen LogP contribution < -0.4 is 10.9 Å². The molecule has 0 atom stereocenters. The number of para-hydroxylation sites is 2. The summed E-state index contributed by atoms with van der Waals surface area (Å²) < 4.78 is 3.40. The molecule has 0 saturated heterocycles. The molecule has 0 bridgehead atoms. The van der Waals surface area contributed by atoms with Gasteiger partial charge in [0.25, 0.3) is 11.5 Å². The minimum atomic E-state index is -0.236. The standard InChI is InChI=1S/C24H33N5O2/c1-17(2)16-28-20-11-7-8-12-21(20)29-22(24(28)31)15-19(26-29)23(30)25-13-14-27(3)18-9-5-4-6-10-18/h7-8,11-12,15,17-18H,4-6,9-10,13-14,16H2,1-3H3,(H,25,30). The van der Waals surface area contributed by atoms with Gasteiger partial charge in [0.15, 0.2) is 5.69 Å². The SMILES string of the molecule is CC(C)Cn1c(=O)c2cc(C(=O)NCCN(C)C3CCCCC3)nn2c2ccccc21. The summed E-state index contributed by atoms with van der Waals surface area (Å²) in [6.45, 7) is 6.18. The predicted octanol–water partition coefficient (Wildman–Crippen LogP) is 3.30. The van der Waals surface area contributed by atoms with Crippen LogP contribution in [0.1, 0.15) is 56.4 Å². The van der Waals surface area contributed by atoms with Crippen LogP contribution >= 0.6 is 0 Å². The van der Waals surface area contributed by atoms with Gasteiger partial charge in [0.05, 0.1) is 11.0 Å². The maximum absolute atomic E-state index is 13.2. The normalized spacial score (nSPS) is 15.4. The molecule has 2 heterocycles. The van der Waals surface area contributed by atoms with Crippen LogP contribution in [0, 0.1) is 5.92 Å². The maximum atomic E-state index is 13.2. The molecule has 1 aromatic carbocycles. The van der Waals surface area contributed by atoms with Gasteiger partial charge in [-0.2, -0.15) is 5.10 Å².